The highest BCUT2D eigenvalue weighted by atomic mass is 16.5. The van der Waals surface area contributed by atoms with Crippen molar-refractivity contribution in [3.05, 3.63) is 24.0 Å². The van der Waals surface area contributed by atoms with Crippen LogP contribution in [0.5, 0.6) is 0 Å². The Labute approximate surface area is 122 Å². The van der Waals surface area contributed by atoms with Crippen LogP contribution >= 0.6 is 0 Å². The summed E-state index contributed by atoms with van der Waals surface area (Å²) in [7, 11) is 4.21. The molecule has 2 rings (SSSR count). The molecular formula is C15H28N4O. The summed E-state index contributed by atoms with van der Waals surface area (Å²) in [4.78, 5) is 4.68. The number of ether oxygens (including phenoxy) is 1. The molecule has 0 bridgehead atoms. The molecule has 5 nitrogen and oxygen atoms in total. The summed E-state index contributed by atoms with van der Waals surface area (Å²) in [6.45, 7) is 9.13. The van der Waals surface area contributed by atoms with E-state index in [9.17, 15) is 0 Å². The van der Waals surface area contributed by atoms with E-state index in [4.69, 9.17) is 4.74 Å². The highest BCUT2D eigenvalue weighted by molar-refractivity contribution is 5.07. The fourth-order valence-corrected chi connectivity index (χ4v) is 2.42. The summed E-state index contributed by atoms with van der Waals surface area (Å²) in [5.41, 5.74) is 1.37. The van der Waals surface area contributed by atoms with Crippen molar-refractivity contribution in [3.63, 3.8) is 0 Å². The van der Waals surface area contributed by atoms with Crippen LogP contribution in [0.3, 0.4) is 0 Å². The second kappa shape index (κ2) is 8.42. The zero-order chi connectivity index (χ0) is 14.2. The fraction of sp³-hybridized carbons (Fsp3) is 0.733. The van der Waals surface area contributed by atoms with E-state index in [1.54, 1.807) is 0 Å². The highest BCUT2D eigenvalue weighted by Crippen LogP contribution is 2.04. The number of morpholine rings is 1. The van der Waals surface area contributed by atoms with Gasteiger partial charge in [-0.15, -0.1) is 0 Å². The van der Waals surface area contributed by atoms with Crippen LogP contribution in [0.1, 0.15) is 5.69 Å². The second-order valence-electron chi connectivity index (χ2n) is 5.63. The Morgan fingerprint density at radius 2 is 2.05 bits per heavy atom. The minimum atomic E-state index is 0.880. The predicted molar refractivity (Wildman–Crippen MR) is 82.0 cm³/mol. The van der Waals surface area contributed by atoms with E-state index in [1.165, 1.54) is 5.69 Å². The SMILES string of the molecule is CN(C)CCNCc1cccn1CCN1CCOCC1. The number of hydrogen-bond donors (Lipinski definition) is 1. The molecule has 0 aromatic carbocycles. The summed E-state index contributed by atoms with van der Waals surface area (Å²) in [5, 5.41) is 3.50. The minimum absolute atomic E-state index is 0.880. The van der Waals surface area contributed by atoms with Gasteiger partial charge >= 0.3 is 0 Å². The lowest BCUT2D eigenvalue weighted by Gasteiger charge is -2.27. The van der Waals surface area contributed by atoms with Crippen molar-refractivity contribution in [3.8, 4) is 0 Å². The molecule has 1 aliphatic heterocycles. The molecule has 1 N–H and O–H groups in total. The predicted octanol–water partition coefficient (Wildman–Crippen LogP) is 0.472. The third-order valence-electron chi connectivity index (χ3n) is 3.73. The van der Waals surface area contributed by atoms with Crippen molar-refractivity contribution < 1.29 is 4.74 Å². The summed E-state index contributed by atoms with van der Waals surface area (Å²) in [5.74, 6) is 0. The van der Waals surface area contributed by atoms with Gasteiger partial charge in [0.2, 0.25) is 0 Å². The van der Waals surface area contributed by atoms with Crippen LogP contribution in [0.25, 0.3) is 0 Å². The molecule has 0 spiro atoms. The maximum atomic E-state index is 5.38. The van der Waals surface area contributed by atoms with Crippen LogP contribution < -0.4 is 5.32 Å². The molecule has 1 aromatic rings. The molecule has 0 aliphatic carbocycles. The number of likely N-dealkylation sites (N-methyl/N-ethyl adjacent to an activating group) is 1. The number of aromatic nitrogens is 1. The smallest absolute Gasteiger partial charge is 0.0594 e. The lowest BCUT2D eigenvalue weighted by atomic mass is 10.4. The second-order valence-corrected chi connectivity index (χ2v) is 5.63. The van der Waals surface area contributed by atoms with E-state index in [-0.39, 0.29) is 0 Å². The standard InChI is InChI=1S/C15H28N4O/c1-17(2)7-5-16-14-15-4-3-6-19(15)9-8-18-10-12-20-13-11-18/h3-4,6,16H,5,7-14H2,1-2H3. The normalized spacial score (nSPS) is 16.9. The van der Waals surface area contributed by atoms with E-state index in [2.05, 4.69) is 52.1 Å². The highest BCUT2D eigenvalue weighted by Gasteiger charge is 2.10. The van der Waals surface area contributed by atoms with Gasteiger partial charge in [-0.3, -0.25) is 4.90 Å². The molecule has 5 heteroatoms. The van der Waals surface area contributed by atoms with E-state index >= 15 is 0 Å². The first-order chi connectivity index (χ1) is 9.75. The average molecular weight is 280 g/mol. The zero-order valence-electron chi connectivity index (χ0n) is 12.8. The van der Waals surface area contributed by atoms with Crippen molar-refractivity contribution in [2.75, 3.05) is 60.0 Å². The van der Waals surface area contributed by atoms with Gasteiger partial charge < -0.3 is 19.5 Å². The zero-order valence-corrected chi connectivity index (χ0v) is 12.8. The lowest BCUT2D eigenvalue weighted by molar-refractivity contribution is 0.0363. The van der Waals surface area contributed by atoms with Crippen LogP contribution in [-0.2, 0) is 17.8 Å². The topological polar surface area (TPSA) is 32.7 Å². The van der Waals surface area contributed by atoms with Gasteiger partial charge in [0, 0.05) is 57.7 Å². The van der Waals surface area contributed by atoms with Gasteiger partial charge in [-0.1, -0.05) is 0 Å². The molecule has 1 aromatic heterocycles. The van der Waals surface area contributed by atoms with Crippen LogP contribution in [0.15, 0.2) is 18.3 Å². The monoisotopic (exact) mass is 280 g/mol. The summed E-state index contributed by atoms with van der Waals surface area (Å²) in [6.07, 6.45) is 2.18. The molecule has 0 atom stereocenters. The molecule has 2 heterocycles. The molecule has 0 amide bonds. The number of nitrogens with zero attached hydrogens (tertiary/aromatic N) is 3. The Balaban J connectivity index is 1.70. The summed E-state index contributed by atoms with van der Waals surface area (Å²) < 4.78 is 7.74. The first-order valence-electron chi connectivity index (χ1n) is 7.55. The van der Waals surface area contributed by atoms with Gasteiger partial charge in [-0.2, -0.15) is 0 Å². The van der Waals surface area contributed by atoms with Gasteiger partial charge in [0.25, 0.3) is 0 Å². The molecule has 0 saturated carbocycles. The van der Waals surface area contributed by atoms with Crippen molar-refractivity contribution in [1.29, 1.82) is 0 Å². The minimum Gasteiger partial charge on any atom is -0.379 e. The van der Waals surface area contributed by atoms with Gasteiger partial charge in [0.1, 0.15) is 0 Å². The maximum absolute atomic E-state index is 5.38. The van der Waals surface area contributed by atoms with Crippen LogP contribution in [0.4, 0.5) is 0 Å². The Bertz CT molecular complexity index is 372. The Morgan fingerprint density at radius 3 is 2.80 bits per heavy atom. The molecule has 20 heavy (non-hydrogen) atoms. The first-order valence-corrected chi connectivity index (χ1v) is 7.55. The van der Waals surface area contributed by atoms with Crippen molar-refractivity contribution in [2.45, 2.75) is 13.1 Å². The van der Waals surface area contributed by atoms with E-state index < -0.39 is 0 Å². The van der Waals surface area contributed by atoms with E-state index in [1.807, 2.05) is 0 Å². The Hall–Kier alpha value is -0.880. The van der Waals surface area contributed by atoms with Gasteiger partial charge in [0.15, 0.2) is 0 Å². The van der Waals surface area contributed by atoms with Crippen LogP contribution in [0, 0.1) is 0 Å². The van der Waals surface area contributed by atoms with Crippen molar-refractivity contribution >= 4 is 0 Å². The molecule has 114 valence electrons. The first kappa shape index (κ1) is 15.5. The molecule has 1 fully saturated rings. The Morgan fingerprint density at radius 1 is 1.25 bits per heavy atom. The third-order valence-corrected chi connectivity index (χ3v) is 3.73. The molecular weight excluding hydrogens is 252 g/mol. The number of rotatable bonds is 8. The van der Waals surface area contributed by atoms with Crippen molar-refractivity contribution in [1.82, 2.24) is 19.7 Å². The largest absolute Gasteiger partial charge is 0.379 e. The van der Waals surface area contributed by atoms with Gasteiger partial charge in [-0.05, 0) is 26.2 Å². The average Bonchev–Trinajstić information content (AvgIpc) is 2.90. The quantitative estimate of drug-likeness (QED) is 0.702. The maximum Gasteiger partial charge on any atom is 0.0594 e. The van der Waals surface area contributed by atoms with Crippen molar-refractivity contribution in [2.24, 2.45) is 0 Å². The van der Waals surface area contributed by atoms with Gasteiger partial charge in [-0.25, -0.2) is 0 Å². The number of hydrogen-bond acceptors (Lipinski definition) is 4. The third kappa shape index (κ3) is 5.25. The Kier molecular flexibility index (Phi) is 6.53. The number of nitrogens with one attached hydrogen (secondary N) is 1. The molecule has 1 saturated heterocycles. The fourth-order valence-electron chi connectivity index (χ4n) is 2.42. The van der Waals surface area contributed by atoms with Gasteiger partial charge in [0.05, 0.1) is 13.2 Å². The van der Waals surface area contributed by atoms with Crippen LogP contribution in [0.2, 0.25) is 0 Å². The van der Waals surface area contributed by atoms with Crippen LogP contribution in [-0.4, -0.2) is 74.4 Å². The molecule has 1 aliphatic rings. The summed E-state index contributed by atoms with van der Waals surface area (Å²) >= 11 is 0. The molecule has 0 unspecified atom stereocenters. The summed E-state index contributed by atoms with van der Waals surface area (Å²) in [6, 6.07) is 4.35. The van der Waals surface area contributed by atoms with E-state index in [0.717, 1.165) is 59.0 Å². The lowest BCUT2D eigenvalue weighted by Crippen LogP contribution is -2.38. The molecule has 0 radical (unpaired) electrons. The van der Waals surface area contributed by atoms with E-state index in [0.29, 0.717) is 0 Å².